The predicted molar refractivity (Wildman–Crippen MR) is 69.3 cm³/mol. The third-order valence-corrected chi connectivity index (χ3v) is 3.76. The summed E-state index contributed by atoms with van der Waals surface area (Å²) in [6, 6.07) is 1.57. The Bertz CT molecular complexity index is 444. The normalized spacial score (nSPS) is 17.3. The zero-order chi connectivity index (χ0) is 12.5. The first kappa shape index (κ1) is 12.4. The lowest BCUT2D eigenvalue weighted by molar-refractivity contribution is 0.0697. The highest BCUT2D eigenvalue weighted by atomic mass is 79.9. The Labute approximate surface area is 109 Å². The molecule has 4 nitrogen and oxygen atoms in total. The molecule has 1 aromatic rings. The number of hydrogen-bond donors (Lipinski definition) is 2. The smallest absolute Gasteiger partial charge is 0.339 e. The third kappa shape index (κ3) is 2.77. The number of halogens is 1. The number of nitrogens with zero attached hydrogens (tertiary/aromatic N) is 1. The molecule has 5 heteroatoms. The van der Waals surface area contributed by atoms with Gasteiger partial charge >= 0.3 is 5.97 Å². The Balaban J connectivity index is 2.12. The van der Waals surface area contributed by atoms with Crippen molar-refractivity contribution >= 4 is 27.7 Å². The quantitative estimate of drug-likeness (QED) is 0.896. The molecule has 17 heavy (non-hydrogen) atoms. The van der Waals surface area contributed by atoms with Crippen molar-refractivity contribution in [1.29, 1.82) is 0 Å². The number of pyridine rings is 1. The Hall–Kier alpha value is -1.10. The highest BCUT2D eigenvalue weighted by molar-refractivity contribution is 9.10. The second kappa shape index (κ2) is 4.64. The molecule has 0 aromatic carbocycles. The molecule has 2 N–H and O–H groups in total. The number of rotatable bonds is 4. The van der Waals surface area contributed by atoms with E-state index < -0.39 is 5.97 Å². The molecule has 0 radical (unpaired) electrons. The van der Waals surface area contributed by atoms with Crippen LogP contribution >= 0.6 is 15.9 Å². The minimum atomic E-state index is -0.958. The van der Waals surface area contributed by atoms with Crippen LogP contribution in [0.3, 0.4) is 0 Å². The van der Waals surface area contributed by atoms with E-state index in [1.165, 1.54) is 19.3 Å². The maximum atomic E-state index is 11.1. The highest BCUT2D eigenvalue weighted by Gasteiger charge is 2.31. The van der Waals surface area contributed by atoms with E-state index in [2.05, 4.69) is 33.2 Å². The number of carboxylic acids is 1. The molecule has 92 valence electrons. The van der Waals surface area contributed by atoms with E-state index in [0.29, 0.717) is 15.7 Å². The molecule has 0 amide bonds. The molecule has 0 aliphatic heterocycles. The highest BCUT2D eigenvalue weighted by Crippen LogP contribution is 2.40. The lowest BCUT2D eigenvalue weighted by Crippen LogP contribution is -2.33. The van der Waals surface area contributed by atoms with Gasteiger partial charge in [0.2, 0.25) is 0 Å². The molecule has 1 saturated carbocycles. The van der Waals surface area contributed by atoms with Crippen molar-refractivity contribution in [3.8, 4) is 0 Å². The van der Waals surface area contributed by atoms with Crippen LogP contribution in [-0.2, 0) is 0 Å². The van der Waals surface area contributed by atoms with Gasteiger partial charge in [-0.25, -0.2) is 9.78 Å². The number of carbonyl (C=O) groups is 1. The summed E-state index contributed by atoms with van der Waals surface area (Å²) < 4.78 is 0.676. The van der Waals surface area contributed by atoms with Gasteiger partial charge in [0.1, 0.15) is 11.4 Å². The van der Waals surface area contributed by atoms with Crippen molar-refractivity contribution in [2.75, 3.05) is 11.9 Å². The third-order valence-electron chi connectivity index (χ3n) is 3.33. The van der Waals surface area contributed by atoms with Crippen LogP contribution in [0.1, 0.15) is 36.5 Å². The van der Waals surface area contributed by atoms with Crippen molar-refractivity contribution in [3.63, 3.8) is 0 Å². The van der Waals surface area contributed by atoms with Gasteiger partial charge in [0.15, 0.2) is 0 Å². The minimum Gasteiger partial charge on any atom is -0.478 e. The van der Waals surface area contributed by atoms with E-state index in [9.17, 15) is 4.79 Å². The van der Waals surface area contributed by atoms with E-state index in [0.717, 1.165) is 6.54 Å². The van der Waals surface area contributed by atoms with Gasteiger partial charge in [-0.15, -0.1) is 0 Å². The van der Waals surface area contributed by atoms with Crippen LogP contribution in [0.25, 0.3) is 0 Å². The largest absolute Gasteiger partial charge is 0.478 e. The SMILES string of the molecule is CC1(CNc2ncc(Br)cc2C(=O)O)CCC1. The zero-order valence-corrected chi connectivity index (χ0v) is 11.2. The molecule has 0 atom stereocenters. The Morgan fingerprint density at radius 2 is 2.35 bits per heavy atom. The van der Waals surface area contributed by atoms with Gasteiger partial charge in [0.05, 0.1) is 0 Å². The lowest BCUT2D eigenvalue weighted by Gasteiger charge is -2.38. The number of aromatic nitrogens is 1. The summed E-state index contributed by atoms with van der Waals surface area (Å²) in [5.41, 5.74) is 0.507. The Morgan fingerprint density at radius 3 is 2.88 bits per heavy atom. The molecule has 2 rings (SSSR count). The molecule has 0 spiro atoms. The average molecular weight is 299 g/mol. The second-order valence-corrected chi connectivity index (χ2v) is 5.79. The predicted octanol–water partition coefficient (Wildman–Crippen LogP) is 3.14. The molecule has 1 fully saturated rings. The topological polar surface area (TPSA) is 62.2 Å². The Kier molecular flexibility index (Phi) is 3.38. The van der Waals surface area contributed by atoms with Crippen molar-refractivity contribution in [2.45, 2.75) is 26.2 Å². The zero-order valence-electron chi connectivity index (χ0n) is 9.66. The van der Waals surface area contributed by atoms with Gasteiger partial charge in [-0.1, -0.05) is 13.3 Å². The van der Waals surface area contributed by atoms with Crippen LogP contribution in [0.4, 0.5) is 5.82 Å². The van der Waals surface area contributed by atoms with Crippen molar-refractivity contribution in [1.82, 2.24) is 4.98 Å². The van der Waals surface area contributed by atoms with Gasteiger partial charge in [-0.05, 0) is 40.3 Å². The van der Waals surface area contributed by atoms with Crippen LogP contribution in [0.5, 0.6) is 0 Å². The summed E-state index contributed by atoms with van der Waals surface area (Å²) in [5.74, 6) is -0.506. The molecule has 1 aromatic heterocycles. The first-order valence-corrected chi connectivity index (χ1v) is 6.42. The van der Waals surface area contributed by atoms with E-state index in [4.69, 9.17) is 5.11 Å². The van der Waals surface area contributed by atoms with Crippen LogP contribution < -0.4 is 5.32 Å². The van der Waals surface area contributed by atoms with Gasteiger partial charge in [-0.3, -0.25) is 0 Å². The van der Waals surface area contributed by atoms with Crippen LogP contribution in [0.2, 0.25) is 0 Å². The number of hydrogen-bond acceptors (Lipinski definition) is 3. The molecular formula is C12H15BrN2O2. The van der Waals surface area contributed by atoms with Crippen LogP contribution in [-0.4, -0.2) is 22.6 Å². The summed E-state index contributed by atoms with van der Waals surface area (Å²) in [5, 5.41) is 12.2. The number of anilines is 1. The van der Waals surface area contributed by atoms with Crippen molar-refractivity contribution < 1.29 is 9.90 Å². The van der Waals surface area contributed by atoms with E-state index in [-0.39, 0.29) is 5.56 Å². The lowest BCUT2D eigenvalue weighted by atomic mass is 9.70. The van der Waals surface area contributed by atoms with Crippen molar-refractivity contribution in [2.24, 2.45) is 5.41 Å². The number of nitrogens with one attached hydrogen (secondary N) is 1. The minimum absolute atomic E-state index is 0.210. The fraction of sp³-hybridized carbons (Fsp3) is 0.500. The van der Waals surface area contributed by atoms with Gasteiger partial charge < -0.3 is 10.4 Å². The fourth-order valence-electron chi connectivity index (χ4n) is 2.00. The first-order chi connectivity index (χ1) is 8.00. The Morgan fingerprint density at radius 1 is 1.65 bits per heavy atom. The van der Waals surface area contributed by atoms with Crippen LogP contribution in [0, 0.1) is 5.41 Å². The summed E-state index contributed by atoms with van der Waals surface area (Å²) in [7, 11) is 0. The van der Waals surface area contributed by atoms with Crippen molar-refractivity contribution in [3.05, 3.63) is 22.3 Å². The van der Waals surface area contributed by atoms with E-state index in [1.54, 1.807) is 12.3 Å². The molecule has 0 unspecified atom stereocenters. The van der Waals surface area contributed by atoms with Crippen LogP contribution in [0.15, 0.2) is 16.7 Å². The number of carboxylic acid groups (broad SMARTS) is 1. The maximum Gasteiger partial charge on any atom is 0.339 e. The molecule has 1 heterocycles. The molecule has 1 aliphatic rings. The molecule has 0 saturated heterocycles. The second-order valence-electron chi connectivity index (χ2n) is 4.87. The monoisotopic (exact) mass is 298 g/mol. The molecule has 1 aliphatic carbocycles. The van der Waals surface area contributed by atoms with E-state index >= 15 is 0 Å². The first-order valence-electron chi connectivity index (χ1n) is 5.63. The van der Waals surface area contributed by atoms with Gasteiger partial charge in [-0.2, -0.15) is 0 Å². The summed E-state index contributed by atoms with van der Waals surface area (Å²) in [6.45, 7) is 2.99. The molecule has 0 bridgehead atoms. The maximum absolute atomic E-state index is 11.1. The van der Waals surface area contributed by atoms with E-state index in [1.807, 2.05) is 0 Å². The fourth-order valence-corrected chi connectivity index (χ4v) is 2.33. The summed E-state index contributed by atoms with van der Waals surface area (Å²) in [4.78, 5) is 15.2. The molecular weight excluding hydrogens is 284 g/mol. The average Bonchev–Trinajstić information content (AvgIpc) is 2.24. The number of aromatic carboxylic acids is 1. The van der Waals surface area contributed by atoms with Gasteiger partial charge in [0.25, 0.3) is 0 Å². The summed E-state index contributed by atoms with van der Waals surface area (Å²) in [6.07, 6.45) is 5.26. The van der Waals surface area contributed by atoms with Gasteiger partial charge in [0, 0.05) is 17.2 Å². The standard InChI is InChI=1S/C12H15BrN2O2/c1-12(3-2-4-12)7-15-10-9(11(16)17)5-8(13)6-14-10/h5-6H,2-4,7H2,1H3,(H,14,15)(H,16,17). The summed E-state index contributed by atoms with van der Waals surface area (Å²) >= 11 is 3.23.